The Bertz CT molecular complexity index is 1660. The van der Waals surface area contributed by atoms with E-state index in [9.17, 15) is 4.79 Å². The molecule has 1 saturated heterocycles. The van der Waals surface area contributed by atoms with Crippen molar-refractivity contribution >= 4 is 27.8 Å². The number of hydrogen-bond acceptors (Lipinski definition) is 5. The van der Waals surface area contributed by atoms with Crippen molar-refractivity contribution in [3.8, 4) is 11.3 Å². The van der Waals surface area contributed by atoms with Crippen molar-refractivity contribution in [2.75, 3.05) is 13.2 Å². The van der Waals surface area contributed by atoms with Crippen molar-refractivity contribution in [1.29, 1.82) is 0 Å². The highest BCUT2D eigenvalue weighted by Gasteiger charge is 2.32. The number of aryl methyl sites for hydroxylation is 2. The Kier molecular flexibility index (Phi) is 5.92. The zero-order chi connectivity index (χ0) is 26.5. The second-order valence-corrected chi connectivity index (χ2v) is 10.9. The number of pyridine rings is 1. The van der Waals surface area contributed by atoms with Gasteiger partial charge in [-0.2, -0.15) is 0 Å². The van der Waals surface area contributed by atoms with Crippen molar-refractivity contribution < 1.29 is 9.53 Å². The summed E-state index contributed by atoms with van der Waals surface area (Å²) in [6.07, 6.45) is 5.92. The Morgan fingerprint density at radius 1 is 1.03 bits per heavy atom. The first-order valence-corrected chi connectivity index (χ1v) is 13.8. The van der Waals surface area contributed by atoms with E-state index in [2.05, 4.69) is 62.7 Å². The molecule has 1 aliphatic carbocycles. The lowest BCUT2D eigenvalue weighted by atomic mass is 9.86. The van der Waals surface area contributed by atoms with Crippen LogP contribution in [0.1, 0.15) is 53.3 Å². The van der Waals surface area contributed by atoms with Crippen molar-refractivity contribution in [3.63, 3.8) is 0 Å². The summed E-state index contributed by atoms with van der Waals surface area (Å²) in [5.74, 6) is 0.356. The van der Waals surface area contributed by atoms with E-state index >= 15 is 0 Å². The van der Waals surface area contributed by atoms with Crippen LogP contribution in [0.25, 0.3) is 33.2 Å². The molecule has 0 bridgehead atoms. The summed E-state index contributed by atoms with van der Waals surface area (Å²) in [6.45, 7) is 3.48. The number of fused-ring (bicyclic) bond motifs is 3. The first kappa shape index (κ1) is 24.0. The third-order valence-electron chi connectivity index (χ3n) is 8.22. The Hall–Kier alpha value is -4.04. The number of amides is 1. The normalized spacial score (nSPS) is 17.1. The average Bonchev–Trinajstić information content (AvgIpc) is 3.64. The zero-order valence-corrected chi connectivity index (χ0v) is 22.3. The minimum Gasteiger partial charge on any atom is -0.381 e. The van der Waals surface area contributed by atoms with Crippen LogP contribution in [0.15, 0.2) is 60.8 Å². The van der Waals surface area contributed by atoms with Crippen LogP contribution >= 0.6 is 0 Å². The van der Waals surface area contributed by atoms with Gasteiger partial charge in [0.2, 0.25) is 0 Å². The van der Waals surface area contributed by atoms with Gasteiger partial charge in [0, 0.05) is 43.4 Å². The lowest BCUT2D eigenvalue weighted by Gasteiger charge is -2.33. The number of aromatic nitrogens is 5. The van der Waals surface area contributed by atoms with Gasteiger partial charge in [0.25, 0.3) is 5.91 Å². The molecule has 5 aromatic rings. The standard InChI is InChI=1S/C31H32N6O2/c1-19-29(36(2)35-34-19)22-17-26-28(32-18-22)27-24(31(38)33-23-11-12-23)9-6-10-25(27)37(26)30(20-7-4-3-5-8-20)21-13-15-39-16-14-21/h3-10,17-18,21,23,30H,11-16H2,1-2H3,(H,33,38). The minimum absolute atomic E-state index is 0.0259. The number of nitrogens with one attached hydrogen (secondary N) is 1. The molecule has 2 aliphatic rings. The van der Waals surface area contributed by atoms with E-state index < -0.39 is 0 Å². The highest BCUT2D eigenvalue weighted by atomic mass is 16.5. The van der Waals surface area contributed by atoms with Gasteiger partial charge in [-0.15, -0.1) is 5.10 Å². The highest BCUT2D eigenvalue weighted by molar-refractivity contribution is 6.17. The average molecular weight is 521 g/mol. The van der Waals surface area contributed by atoms with Crippen molar-refractivity contribution in [2.24, 2.45) is 13.0 Å². The van der Waals surface area contributed by atoms with Crippen molar-refractivity contribution in [1.82, 2.24) is 29.9 Å². The second-order valence-electron chi connectivity index (χ2n) is 10.9. The molecular formula is C31H32N6O2. The van der Waals surface area contributed by atoms with Gasteiger partial charge in [0.1, 0.15) is 0 Å². The van der Waals surface area contributed by atoms with Gasteiger partial charge in [-0.25, -0.2) is 4.68 Å². The molecule has 198 valence electrons. The zero-order valence-electron chi connectivity index (χ0n) is 22.3. The molecule has 1 unspecified atom stereocenters. The van der Waals surface area contributed by atoms with Gasteiger partial charge in [0.15, 0.2) is 0 Å². The second kappa shape index (κ2) is 9.61. The monoisotopic (exact) mass is 520 g/mol. The number of hydrogen-bond donors (Lipinski definition) is 1. The van der Waals surface area contributed by atoms with E-state index in [0.29, 0.717) is 11.5 Å². The topological polar surface area (TPSA) is 86.9 Å². The summed E-state index contributed by atoms with van der Waals surface area (Å²) in [5.41, 5.74) is 7.56. The van der Waals surface area contributed by atoms with Crippen LogP contribution in [0.3, 0.4) is 0 Å². The maximum atomic E-state index is 13.5. The van der Waals surface area contributed by atoms with E-state index in [-0.39, 0.29) is 18.0 Å². The lowest BCUT2D eigenvalue weighted by Crippen LogP contribution is -2.27. The van der Waals surface area contributed by atoms with Crippen LogP contribution in [0, 0.1) is 12.8 Å². The molecule has 1 amide bonds. The van der Waals surface area contributed by atoms with Crippen molar-refractivity contribution in [2.45, 2.75) is 44.7 Å². The Morgan fingerprint density at radius 2 is 1.82 bits per heavy atom. The van der Waals surface area contributed by atoms with Gasteiger partial charge in [-0.05, 0) is 62.3 Å². The summed E-state index contributed by atoms with van der Waals surface area (Å²) in [7, 11) is 1.91. The fourth-order valence-corrected chi connectivity index (χ4v) is 6.23. The highest BCUT2D eigenvalue weighted by Crippen LogP contribution is 2.42. The SMILES string of the molecule is Cc1nnn(C)c1-c1cnc2c3c(C(=O)NC4CC4)cccc3n(C(c3ccccc3)C3CCOCC3)c2c1. The molecule has 0 spiro atoms. The number of rotatable bonds is 6. The summed E-state index contributed by atoms with van der Waals surface area (Å²) in [6, 6.07) is 19.3. The Balaban J connectivity index is 1.53. The van der Waals surface area contributed by atoms with E-state index in [0.717, 1.165) is 77.8 Å². The predicted octanol–water partition coefficient (Wildman–Crippen LogP) is 5.20. The number of benzene rings is 2. The molecule has 7 rings (SSSR count). The third kappa shape index (κ3) is 4.19. The molecule has 8 heteroatoms. The van der Waals surface area contributed by atoms with Crippen LogP contribution < -0.4 is 5.32 Å². The molecule has 3 aromatic heterocycles. The maximum absolute atomic E-state index is 13.5. The molecule has 4 heterocycles. The summed E-state index contributed by atoms with van der Waals surface area (Å²) >= 11 is 0. The van der Waals surface area contributed by atoms with E-state index in [1.807, 2.05) is 32.3 Å². The molecule has 2 fully saturated rings. The van der Waals surface area contributed by atoms with E-state index in [1.54, 1.807) is 4.68 Å². The Labute approximate surface area is 227 Å². The lowest BCUT2D eigenvalue weighted by molar-refractivity contribution is 0.0553. The largest absolute Gasteiger partial charge is 0.381 e. The fourth-order valence-electron chi connectivity index (χ4n) is 6.23. The summed E-state index contributed by atoms with van der Waals surface area (Å²) in [4.78, 5) is 18.5. The van der Waals surface area contributed by atoms with Crippen LogP contribution in [-0.4, -0.2) is 49.7 Å². The molecule has 1 aliphatic heterocycles. The first-order valence-electron chi connectivity index (χ1n) is 13.8. The molecule has 39 heavy (non-hydrogen) atoms. The Morgan fingerprint density at radius 3 is 2.54 bits per heavy atom. The van der Waals surface area contributed by atoms with Crippen LogP contribution in [-0.2, 0) is 11.8 Å². The predicted molar refractivity (Wildman–Crippen MR) is 151 cm³/mol. The number of carbonyl (C=O) groups is 1. The number of ether oxygens (including phenoxy) is 1. The summed E-state index contributed by atoms with van der Waals surface area (Å²) < 4.78 is 10.0. The molecule has 1 N–H and O–H groups in total. The van der Waals surface area contributed by atoms with Crippen LogP contribution in [0.4, 0.5) is 0 Å². The molecule has 1 atom stereocenters. The van der Waals surface area contributed by atoms with Crippen LogP contribution in [0.5, 0.6) is 0 Å². The van der Waals surface area contributed by atoms with Gasteiger partial charge in [-0.1, -0.05) is 41.6 Å². The smallest absolute Gasteiger partial charge is 0.252 e. The minimum atomic E-state index is -0.0259. The molecule has 0 radical (unpaired) electrons. The number of nitrogens with zero attached hydrogens (tertiary/aromatic N) is 5. The summed E-state index contributed by atoms with van der Waals surface area (Å²) in [5, 5.41) is 12.6. The van der Waals surface area contributed by atoms with Gasteiger partial charge >= 0.3 is 0 Å². The molecule has 1 saturated carbocycles. The maximum Gasteiger partial charge on any atom is 0.252 e. The number of carbonyl (C=O) groups excluding carboxylic acids is 1. The van der Waals surface area contributed by atoms with E-state index in [4.69, 9.17) is 9.72 Å². The quantitative estimate of drug-likeness (QED) is 0.333. The third-order valence-corrected chi connectivity index (χ3v) is 8.22. The van der Waals surface area contributed by atoms with E-state index in [1.165, 1.54) is 5.56 Å². The van der Waals surface area contributed by atoms with Gasteiger partial charge < -0.3 is 14.6 Å². The van der Waals surface area contributed by atoms with Crippen molar-refractivity contribution in [3.05, 3.63) is 77.6 Å². The molecular weight excluding hydrogens is 488 g/mol. The fraction of sp³-hybridized carbons (Fsp3) is 0.355. The first-order chi connectivity index (χ1) is 19.1. The van der Waals surface area contributed by atoms with Gasteiger partial charge in [-0.3, -0.25) is 9.78 Å². The molecule has 8 nitrogen and oxygen atoms in total. The molecule has 2 aromatic carbocycles. The van der Waals surface area contributed by atoms with Gasteiger partial charge in [0.05, 0.1) is 39.5 Å². The van der Waals surface area contributed by atoms with Crippen LogP contribution in [0.2, 0.25) is 0 Å².